The van der Waals surface area contributed by atoms with Gasteiger partial charge in [-0.15, -0.1) is 0 Å². The molecule has 4 nitrogen and oxygen atoms in total. The van der Waals surface area contributed by atoms with Crippen molar-refractivity contribution in [1.82, 2.24) is 15.1 Å². The van der Waals surface area contributed by atoms with Crippen LogP contribution in [0, 0.1) is 0 Å². The van der Waals surface area contributed by atoms with Gasteiger partial charge in [0.15, 0.2) is 0 Å². The molecule has 1 saturated heterocycles. The molecule has 1 heterocycles. The van der Waals surface area contributed by atoms with Gasteiger partial charge in [-0.3, -0.25) is 4.79 Å². The number of nitrogens with zero attached hydrogens (tertiary/aromatic N) is 2. The van der Waals surface area contributed by atoms with Gasteiger partial charge in [-0.2, -0.15) is 0 Å². The van der Waals surface area contributed by atoms with Crippen LogP contribution in [-0.2, 0) is 4.79 Å². The Labute approximate surface area is 99.0 Å². The van der Waals surface area contributed by atoms with Crippen LogP contribution >= 0.6 is 0 Å². The highest BCUT2D eigenvalue weighted by molar-refractivity contribution is 5.75. The Bertz CT molecular complexity index is 212. The van der Waals surface area contributed by atoms with Crippen LogP contribution < -0.4 is 5.32 Å². The van der Waals surface area contributed by atoms with Gasteiger partial charge in [-0.25, -0.2) is 0 Å². The lowest BCUT2D eigenvalue weighted by atomic mass is 10.1. The van der Waals surface area contributed by atoms with Crippen LogP contribution in [0.1, 0.15) is 25.7 Å². The molecule has 0 spiro atoms. The average molecular weight is 227 g/mol. The molecule has 1 N–H and O–H groups in total. The van der Waals surface area contributed by atoms with E-state index < -0.39 is 0 Å². The third-order valence-electron chi connectivity index (χ3n) is 3.33. The molecule has 0 aromatic rings. The highest BCUT2D eigenvalue weighted by Crippen LogP contribution is 2.10. The van der Waals surface area contributed by atoms with Crippen molar-refractivity contribution in [3.05, 3.63) is 0 Å². The van der Waals surface area contributed by atoms with Crippen LogP contribution in [0.5, 0.6) is 0 Å². The summed E-state index contributed by atoms with van der Waals surface area (Å²) >= 11 is 0. The molecule has 0 atom stereocenters. The van der Waals surface area contributed by atoms with Gasteiger partial charge in [0.1, 0.15) is 0 Å². The van der Waals surface area contributed by atoms with Gasteiger partial charge < -0.3 is 15.1 Å². The van der Waals surface area contributed by atoms with E-state index in [1.165, 1.54) is 12.8 Å². The maximum Gasteiger partial charge on any atom is 0.222 e. The Balaban J connectivity index is 2.14. The molecule has 1 amide bonds. The maximum atomic E-state index is 11.4. The van der Waals surface area contributed by atoms with Crippen molar-refractivity contribution >= 4 is 5.91 Å². The lowest BCUT2D eigenvalue weighted by Crippen LogP contribution is -2.41. The Hall–Kier alpha value is -0.610. The topological polar surface area (TPSA) is 35.6 Å². The largest absolute Gasteiger partial charge is 0.349 e. The summed E-state index contributed by atoms with van der Waals surface area (Å²) in [6.45, 7) is 3.29. The van der Waals surface area contributed by atoms with Crippen LogP contribution in [0.3, 0.4) is 0 Å². The zero-order valence-corrected chi connectivity index (χ0v) is 10.8. The highest BCUT2D eigenvalue weighted by atomic mass is 16.2. The third-order valence-corrected chi connectivity index (χ3v) is 3.33. The molecule has 0 unspecified atom stereocenters. The number of piperidine rings is 1. The van der Waals surface area contributed by atoms with Gasteiger partial charge in [-0.05, 0) is 45.9 Å². The van der Waals surface area contributed by atoms with Crippen molar-refractivity contribution in [3.63, 3.8) is 0 Å². The standard InChI is InChI=1S/C12H25N3O/c1-14(2)12(16)5-4-10-15(3)11-6-8-13-9-7-11/h11,13H,4-10H2,1-3H3. The molecule has 0 aliphatic carbocycles. The smallest absolute Gasteiger partial charge is 0.222 e. The van der Waals surface area contributed by atoms with E-state index in [0.29, 0.717) is 12.5 Å². The van der Waals surface area contributed by atoms with E-state index in [4.69, 9.17) is 0 Å². The molecule has 94 valence electrons. The molecule has 0 aromatic heterocycles. The summed E-state index contributed by atoms with van der Waals surface area (Å²) in [4.78, 5) is 15.5. The second-order valence-electron chi connectivity index (χ2n) is 4.85. The lowest BCUT2D eigenvalue weighted by molar-refractivity contribution is -0.128. The minimum absolute atomic E-state index is 0.235. The number of carbonyl (C=O) groups is 1. The van der Waals surface area contributed by atoms with Crippen LogP contribution in [0.15, 0.2) is 0 Å². The molecular formula is C12H25N3O. The SMILES string of the molecule is CN(C)C(=O)CCCN(C)C1CCNCC1. The average Bonchev–Trinajstić information content (AvgIpc) is 2.29. The van der Waals surface area contributed by atoms with Gasteiger partial charge in [0.2, 0.25) is 5.91 Å². The number of rotatable bonds is 5. The molecule has 4 heteroatoms. The van der Waals surface area contributed by atoms with Gasteiger partial charge in [0.05, 0.1) is 0 Å². The second-order valence-corrected chi connectivity index (χ2v) is 4.85. The Morgan fingerprint density at radius 3 is 2.44 bits per heavy atom. The summed E-state index contributed by atoms with van der Waals surface area (Å²) in [6, 6.07) is 0.704. The minimum Gasteiger partial charge on any atom is -0.349 e. The Kier molecular flexibility index (Phi) is 5.77. The zero-order chi connectivity index (χ0) is 12.0. The Morgan fingerprint density at radius 2 is 1.88 bits per heavy atom. The molecule has 0 radical (unpaired) electrons. The van der Waals surface area contributed by atoms with E-state index in [-0.39, 0.29) is 5.91 Å². The molecule has 16 heavy (non-hydrogen) atoms. The van der Waals surface area contributed by atoms with Crippen molar-refractivity contribution in [1.29, 1.82) is 0 Å². The van der Waals surface area contributed by atoms with Crippen LogP contribution in [-0.4, -0.2) is 62.5 Å². The third kappa shape index (κ3) is 4.49. The second kappa shape index (κ2) is 6.86. The van der Waals surface area contributed by atoms with E-state index in [2.05, 4.69) is 17.3 Å². The number of nitrogens with one attached hydrogen (secondary N) is 1. The van der Waals surface area contributed by atoms with Crippen molar-refractivity contribution in [2.75, 3.05) is 40.8 Å². The summed E-state index contributed by atoms with van der Waals surface area (Å²) in [5.41, 5.74) is 0. The summed E-state index contributed by atoms with van der Waals surface area (Å²) in [5.74, 6) is 0.235. The van der Waals surface area contributed by atoms with E-state index >= 15 is 0 Å². The fourth-order valence-corrected chi connectivity index (χ4v) is 2.13. The predicted molar refractivity (Wildman–Crippen MR) is 66.4 cm³/mol. The normalized spacial score (nSPS) is 17.8. The number of amides is 1. The van der Waals surface area contributed by atoms with Gasteiger partial charge in [-0.1, -0.05) is 0 Å². The van der Waals surface area contributed by atoms with Crippen LogP contribution in [0.2, 0.25) is 0 Å². The first-order chi connectivity index (χ1) is 7.61. The van der Waals surface area contributed by atoms with Crippen molar-refractivity contribution in [2.45, 2.75) is 31.7 Å². The molecule has 0 bridgehead atoms. The van der Waals surface area contributed by atoms with E-state index in [1.54, 1.807) is 4.90 Å². The summed E-state index contributed by atoms with van der Waals surface area (Å²) in [7, 11) is 5.81. The number of hydrogen-bond acceptors (Lipinski definition) is 3. The molecule has 0 aromatic carbocycles. The molecule has 1 aliphatic rings. The Morgan fingerprint density at radius 1 is 1.25 bits per heavy atom. The fourth-order valence-electron chi connectivity index (χ4n) is 2.13. The van der Waals surface area contributed by atoms with Crippen LogP contribution in [0.25, 0.3) is 0 Å². The number of carbonyl (C=O) groups excluding carboxylic acids is 1. The molecule has 1 fully saturated rings. The first-order valence-electron chi connectivity index (χ1n) is 6.22. The maximum absolute atomic E-state index is 11.4. The summed E-state index contributed by atoms with van der Waals surface area (Å²) in [5, 5.41) is 3.37. The highest BCUT2D eigenvalue weighted by Gasteiger charge is 2.17. The van der Waals surface area contributed by atoms with Gasteiger partial charge in [0, 0.05) is 26.6 Å². The van der Waals surface area contributed by atoms with Crippen molar-refractivity contribution in [2.24, 2.45) is 0 Å². The van der Waals surface area contributed by atoms with Crippen LogP contribution in [0.4, 0.5) is 0 Å². The van der Waals surface area contributed by atoms with Crippen molar-refractivity contribution in [3.8, 4) is 0 Å². The van der Waals surface area contributed by atoms with Gasteiger partial charge >= 0.3 is 0 Å². The summed E-state index contributed by atoms with van der Waals surface area (Å²) in [6.07, 6.45) is 4.11. The lowest BCUT2D eigenvalue weighted by Gasteiger charge is -2.31. The van der Waals surface area contributed by atoms with E-state index in [1.807, 2.05) is 14.1 Å². The fraction of sp³-hybridized carbons (Fsp3) is 0.917. The molecular weight excluding hydrogens is 202 g/mol. The molecule has 0 saturated carbocycles. The molecule has 1 aliphatic heterocycles. The summed E-state index contributed by atoms with van der Waals surface area (Å²) < 4.78 is 0. The number of hydrogen-bond donors (Lipinski definition) is 1. The first kappa shape index (κ1) is 13.5. The van der Waals surface area contributed by atoms with E-state index in [0.717, 1.165) is 26.1 Å². The first-order valence-corrected chi connectivity index (χ1v) is 6.22. The quantitative estimate of drug-likeness (QED) is 0.744. The zero-order valence-electron chi connectivity index (χ0n) is 10.8. The van der Waals surface area contributed by atoms with Crippen molar-refractivity contribution < 1.29 is 4.79 Å². The minimum atomic E-state index is 0.235. The molecule has 1 rings (SSSR count). The van der Waals surface area contributed by atoms with Gasteiger partial charge in [0.25, 0.3) is 0 Å². The monoisotopic (exact) mass is 227 g/mol. The van der Waals surface area contributed by atoms with E-state index in [9.17, 15) is 4.79 Å². The predicted octanol–water partition coefficient (Wildman–Crippen LogP) is 0.539.